The molecule has 1 fully saturated rings. The number of aromatic nitrogens is 1. The molecule has 98 valence electrons. The fourth-order valence-corrected chi connectivity index (χ4v) is 2.20. The number of rotatable bonds is 3. The van der Waals surface area contributed by atoms with Crippen molar-refractivity contribution in [1.82, 2.24) is 14.8 Å². The van der Waals surface area contributed by atoms with E-state index in [2.05, 4.69) is 16.8 Å². The fourth-order valence-electron chi connectivity index (χ4n) is 2.20. The quantitative estimate of drug-likeness (QED) is 0.866. The van der Waals surface area contributed by atoms with E-state index in [1.54, 1.807) is 11.0 Å². The smallest absolute Gasteiger partial charge is 0.276 e. The summed E-state index contributed by atoms with van der Waals surface area (Å²) >= 11 is 0. The maximum absolute atomic E-state index is 12.2. The summed E-state index contributed by atoms with van der Waals surface area (Å²) in [6.45, 7) is 6.43. The summed E-state index contributed by atoms with van der Waals surface area (Å²) in [7, 11) is 0. The Kier molecular flexibility index (Phi) is 4.15. The van der Waals surface area contributed by atoms with Crippen LogP contribution < -0.4 is 0 Å². The molecule has 0 spiro atoms. The zero-order valence-corrected chi connectivity index (χ0v) is 10.7. The lowest BCUT2D eigenvalue weighted by molar-refractivity contribution is 0.0628. The standard InChI is InChI=1S/C13H19N3O2/c1-2-6-15-7-9-16(10-8-15)13(18)12-11(17)4-3-5-14-12/h3-5,17H,2,6-10H2,1H3. The first-order chi connectivity index (χ1) is 8.72. The van der Waals surface area contributed by atoms with Crippen LogP contribution in [0.2, 0.25) is 0 Å². The molecule has 1 aliphatic rings. The Balaban J connectivity index is 1.98. The molecule has 0 aliphatic carbocycles. The molecule has 0 radical (unpaired) electrons. The van der Waals surface area contributed by atoms with Crippen LogP contribution in [-0.2, 0) is 0 Å². The van der Waals surface area contributed by atoms with E-state index in [9.17, 15) is 9.90 Å². The van der Waals surface area contributed by atoms with Crippen LogP contribution >= 0.6 is 0 Å². The summed E-state index contributed by atoms with van der Waals surface area (Å²) in [5, 5.41) is 9.63. The summed E-state index contributed by atoms with van der Waals surface area (Å²) in [4.78, 5) is 20.2. The number of pyridine rings is 1. The summed E-state index contributed by atoms with van der Waals surface area (Å²) in [5.74, 6) is -0.220. The first-order valence-electron chi connectivity index (χ1n) is 6.38. The highest BCUT2D eigenvalue weighted by Gasteiger charge is 2.24. The molecule has 1 saturated heterocycles. The van der Waals surface area contributed by atoms with E-state index in [0.717, 1.165) is 26.1 Å². The van der Waals surface area contributed by atoms with Gasteiger partial charge in [0.1, 0.15) is 5.75 Å². The van der Waals surface area contributed by atoms with Gasteiger partial charge in [0.05, 0.1) is 0 Å². The lowest BCUT2D eigenvalue weighted by Gasteiger charge is -2.34. The minimum absolute atomic E-state index is 0.0431. The number of nitrogens with zero attached hydrogens (tertiary/aromatic N) is 3. The van der Waals surface area contributed by atoms with E-state index in [0.29, 0.717) is 13.1 Å². The molecule has 1 aliphatic heterocycles. The number of hydrogen-bond donors (Lipinski definition) is 1. The van der Waals surface area contributed by atoms with Crippen LogP contribution in [0.1, 0.15) is 23.8 Å². The molecule has 0 aromatic carbocycles. The van der Waals surface area contributed by atoms with Crippen molar-refractivity contribution in [2.75, 3.05) is 32.7 Å². The van der Waals surface area contributed by atoms with Crippen LogP contribution in [0.5, 0.6) is 5.75 Å². The lowest BCUT2D eigenvalue weighted by Crippen LogP contribution is -2.48. The van der Waals surface area contributed by atoms with Crippen molar-refractivity contribution in [3.8, 4) is 5.75 Å². The van der Waals surface area contributed by atoms with Crippen molar-refractivity contribution in [3.63, 3.8) is 0 Å². The van der Waals surface area contributed by atoms with E-state index in [1.165, 1.54) is 12.3 Å². The predicted octanol–water partition coefficient (Wildman–Crippen LogP) is 0.955. The van der Waals surface area contributed by atoms with E-state index in [-0.39, 0.29) is 17.4 Å². The molecule has 1 aromatic rings. The largest absolute Gasteiger partial charge is 0.505 e. The van der Waals surface area contributed by atoms with Gasteiger partial charge in [-0.3, -0.25) is 9.69 Å². The highest BCUT2D eigenvalue weighted by molar-refractivity contribution is 5.94. The van der Waals surface area contributed by atoms with Gasteiger partial charge in [0.25, 0.3) is 5.91 Å². The Hall–Kier alpha value is -1.62. The molecule has 2 heterocycles. The second-order valence-corrected chi connectivity index (χ2v) is 4.50. The summed E-state index contributed by atoms with van der Waals surface area (Å²) in [5.41, 5.74) is 0.154. The van der Waals surface area contributed by atoms with Crippen molar-refractivity contribution in [2.45, 2.75) is 13.3 Å². The van der Waals surface area contributed by atoms with Gasteiger partial charge in [0, 0.05) is 32.4 Å². The fraction of sp³-hybridized carbons (Fsp3) is 0.538. The number of carbonyl (C=O) groups is 1. The average molecular weight is 249 g/mol. The topological polar surface area (TPSA) is 56.7 Å². The zero-order valence-electron chi connectivity index (χ0n) is 10.7. The van der Waals surface area contributed by atoms with Crippen molar-refractivity contribution < 1.29 is 9.90 Å². The second kappa shape index (κ2) is 5.82. The Labute approximate surface area is 107 Å². The van der Waals surface area contributed by atoms with Gasteiger partial charge in [-0.25, -0.2) is 4.98 Å². The van der Waals surface area contributed by atoms with Crippen molar-refractivity contribution >= 4 is 5.91 Å². The molecular formula is C13H19N3O2. The highest BCUT2D eigenvalue weighted by atomic mass is 16.3. The molecule has 2 rings (SSSR count). The molecule has 5 nitrogen and oxygen atoms in total. The maximum atomic E-state index is 12.2. The number of carbonyl (C=O) groups excluding carboxylic acids is 1. The zero-order chi connectivity index (χ0) is 13.0. The molecule has 0 unspecified atom stereocenters. The highest BCUT2D eigenvalue weighted by Crippen LogP contribution is 2.16. The van der Waals surface area contributed by atoms with Gasteiger partial charge in [0.15, 0.2) is 5.69 Å². The SMILES string of the molecule is CCCN1CCN(C(=O)c2ncccc2O)CC1. The van der Waals surface area contributed by atoms with Gasteiger partial charge in [-0.1, -0.05) is 6.92 Å². The summed E-state index contributed by atoms with van der Waals surface area (Å²) in [6, 6.07) is 3.11. The second-order valence-electron chi connectivity index (χ2n) is 4.50. The molecule has 0 atom stereocenters. The average Bonchev–Trinajstić information content (AvgIpc) is 2.40. The Morgan fingerprint density at radius 2 is 2.11 bits per heavy atom. The maximum Gasteiger partial charge on any atom is 0.276 e. The third kappa shape index (κ3) is 2.79. The van der Waals surface area contributed by atoms with Gasteiger partial charge in [-0.2, -0.15) is 0 Å². The molecule has 1 aromatic heterocycles. The first-order valence-corrected chi connectivity index (χ1v) is 6.38. The lowest BCUT2D eigenvalue weighted by atomic mass is 10.2. The third-order valence-corrected chi connectivity index (χ3v) is 3.19. The normalized spacial score (nSPS) is 16.8. The number of hydrogen-bond acceptors (Lipinski definition) is 4. The number of aromatic hydroxyl groups is 1. The van der Waals surface area contributed by atoms with Crippen molar-refractivity contribution in [1.29, 1.82) is 0 Å². The van der Waals surface area contributed by atoms with Crippen LogP contribution in [0.4, 0.5) is 0 Å². The number of piperazine rings is 1. The van der Waals surface area contributed by atoms with E-state index in [1.807, 2.05) is 0 Å². The van der Waals surface area contributed by atoms with Gasteiger partial charge >= 0.3 is 0 Å². The molecule has 1 amide bonds. The van der Waals surface area contributed by atoms with Gasteiger partial charge in [-0.05, 0) is 25.1 Å². The monoisotopic (exact) mass is 249 g/mol. The third-order valence-electron chi connectivity index (χ3n) is 3.19. The molecule has 18 heavy (non-hydrogen) atoms. The first kappa shape index (κ1) is 12.8. The molecule has 1 N–H and O–H groups in total. The van der Waals surface area contributed by atoms with Crippen LogP contribution in [0, 0.1) is 0 Å². The summed E-state index contributed by atoms with van der Waals surface area (Å²) < 4.78 is 0. The molecule has 0 saturated carbocycles. The van der Waals surface area contributed by atoms with Crippen LogP contribution in [0.3, 0.4) is 0 Å². The minimum Gasteiger partial charge on any atom is -0.505 e. The van der Waals surface area contributed by atoms with Gasteiger partial charge in [0.2, 0.25) is 0 Å². The predicted molar refractivity (Wildman–Crippen MR) is 68.5 cm³/mol. The van der Waals surface area contributed by atoms with Crippen molar-refractivity contribution in [3.05, 3.63) is 24.0 Å². The van der Waals surface area contributed by atoms with E-state index >= 15 is 0 Å². The van der Waals surface area contributed by atoms with Crippen LogP contribution in [0.15, 0.2) is 18.3 Å². The Morgan fingerprint density at radius 3 is 2.72 bits per heavy atom. The molecule has 5 heteroatoms. The molecular weight excluding hydrogens is 230 g/mol. The van der Waals surface area contributed by atoms with E-state index < -0.39 is 0 Å². The van der Waals surface area contributed by atoms with Gasteiger partial charge in [-0.15, -0.1) is 0 Å². The Bertz CT molecular complexity index is 414. The van der Waals surface area contributed by atoms with Crippen LogP contribution in [-0.4, -0.2) is 58.5 Å². The Morgan fingerprint density at radius 1 is 1.39 bits per heavy atom. The molecule has 0 bridgehead atoms. The van der Waals surface area contributed by atoms with Gasteiger partial charge < -0.3 is 10.0 Å². The van der Waals surface area contributed by atoms with Crippen LogP contribution in [0.25, 0.3) is 0 Å². The summed E-state index contributed by atoms with van der Waals surface area (Å²) in [6.07, 6.45) is 2.66. The van der Waals surface area contributed by atoms with Crippen molar-refractivity contribution in [2.24, 2.45) is 0 Å². The van der Waals surface area contributed by atoms with E-state index in [4.69, 9.17) is 0 Å². The number of amides is 1. The minimum atomic E-state index is -0.177.